The van der Waals surface area contributed by atoms with Crippen LogP contribution < -0.4 is 10.6 Å². The molecule has 3 nitrogen and oxygen atoms in total. The zero-order valence-corrected chi connectivity index (χ0v) is 14.9. The molecule has 1 aliphatic heterocycles. The van der Waals surface area contributed by atoms with Gasteiger partial charge in [-0.3, -0.25) is 4.79 Å². The predicted octanol–water partition coefficient (Wildman–Crippen LogP) is 3.14. The lowest BCUT2D eigenvalue weighted by Gasteiger charge is -2.34. The third-order valence-corrected chi connectivity index (χ3v) is 4.79. The Morgan fingerprint density at radius 1 is 1.40 bits per heavy atom. The van der Waals surface area contributed by atoms with E-state index in [0.717, 1.165) is 47.2 Å². The Labute approximate surface area is 140 Å². The van der Waals surface area contributed by atoms with Gasteiger partial charge in [0.2, 0.25) is 0 Å². The molecule has 1 aromatic rings. The number of piperidine rings is 1. The van der Waals surface area contributed by atoms with Crippen molar-refractivity contribution in [2.24, 2.45) is 5.41 Å². The summed E-state index contributed by atoms with van der Waals surface area (Å²) in [6, 6.07) is 5.99. The van der Waals surface area contributed by atoms with E-state index in [1.807, 2.05) is 25.1 Å². The lowest BCUT2D eigenvalue weighted by Crippen LogP contribution is -2.43. The smallest absolute Gasteiger partial charge is 0.252 e. The van der Waals surface area contributed by atoms with E-state index in [4.69, 9.17) is 0 Å². The Balaban J connectivity index is 0.00000200. The molecule has 1 amide bonds. The van der Waals surface area contributed by atoms with Gasteiger partial charge in [0.05, 0.1) is 5.56 Å². The van der Waals surface area contributed by atoms with Crippen molar-refractivity contribution >= 4 is 40.9 Å². The first-order chi connectivity index (χ1) is 9.00. The fourth-order valence-corrected chi connectivity index (χ4v) is 2.99. The summed E-state index contributed by atoms with van der Waals surface area (Å²) in [5.74, 6) is 0.0489. The number of nitrogens with one attached hydrogen (secondary N) is 2. The normalized spacial score (nSPS) is 17.1. The van der Waals surface area contributed by atoms with E-state index in [9.17, 15) is 4.79 Å². The molecule has 2 N–H and O–H groups in total. The van der Waals surface area contributed by atoms with Crippen molar-refractivity contribution in [3.05, 3.63) is 32.9 Å². The van der Waals surface area contributed by atoms with Crippen LogP contribution in [0.3, 0.4) is 0 Å². The summed E-state index contributed by atoms with van der Waals surface area (Å²) in [5.41, 5.74) is 2.15. The van der Waals surface area contributed by atoms with Crippen molar-refractivity contribution in [3.8, 4) is 0 Å². The fraction of sp³-hybridized carbons (Fsp3) is 0.533. The second kappa shape index (κ2) is 7.61. The molecule has 1 aliphatic rings. The van der Waals surface area contributed by atoms with Gasteiger partial charge in [-0.2, -0.15) is 0 Å². The SMILES string of the molecule is Cc1ccc(I)c(C(=O)NCC2(C)CCNCC2)c1.Cl. The molecule has 112 valence electrons. The zero-order chi connectivity index (χ0) is 13.9. The van der Waals surface area contributed by atoms with Crippen LogP contribution in [0, 0.1) is 15.9 Å². The zero-order valence-electron chi connectivity index (χ0n) is 12.0. The lowest BCUT2D eigenvalue weighted by molar-refractivity contribution is 0.0921. The molecule has 20 heavy (non-hydrogen) atoms. The molecule has 0 radical (unpaired) electrons. The second-order valence-corrected chi connectivity index (χ2v) is 6.89. The predicted molar refractivity (Wildman–Crippen MR) is 93.7 cm³/mol. The van der Waals surface area contributed by atoms with Crippen LogP contribution in [0.2, 0.25) is 0 Å². The maximum atomic E-state index is 12.3. The minimum atomic E-state index is 0. The van der Waals surface area contributed by atoms with E-state index < -0.39 is 0 Å². The standard InChI is InChI=1S/C15H21IN2O.ClH/c1-11-3-4-13(16)12(9-11)14(19)18-10-15(2)5-7-17-8-6-15;/h3-4,9,17H,5-8,10H2,1-2H3,(H,18,19);1H. The third-order valence-electron chi connectivity index (χ3n) is 3.85. The first-order valence-electron chi connectivity index (χ1n) is 6.75. The van der Waals surface area contributed by atoms with Gasteiger partial charge in [0.25, 0.3) is 5.91 Å². The van der Waals surface area contributed by atoms with E-state index >= 15 is 0 Å². The van der Waals surface area contributed by atoms with Crippen LogP contribution >= 0.6 is 35.0 Å². The first kappa shape index (κ1) is 17.7. The summed E-state index contributed by atoms with van der Waals surface area (Å²) in [7, 11) is 0. The molecule has 0 aliphatic carbocycles. The van der Waals surface area contributed by atoms with E-state index in [1.165, 1.54) is 0 Å². The Bertz CT molecular complexity index is 473. The summed E-state index contributed by atoms with van der Waals surface area (Å²) in [6.07, 6.45) is 2.25. The van der Waals surface area contributed by atoms with Gasteiger partial charge in [-0.25, -0.2) is 0 Å². The van der Waals surface area contributed by atoms with Crippen LogP contribution in [-0.2, 0) is 0 Å². The minimum Gasteiger partial charge on any atom is -0.351 e. The highest BCUT2D eigenvalue weighted by atomic mass is 127. The number of carbonyl (C=O) groups is 1. The van der Waals surface area contributed by atoms with Crippen LogP contribution in [0.25, 0.3) is 0 Å². The number of amides is 1. The molecule has 1 fully saturated rings. The molecular weight excluding hydrogens is 387 g/mol. The quantitative estimate of drug-likeness (QED) is 0.755. The van der Waals surface area contributed by atoms with E-state index in [0.29, 0.717) is 0 Å². The molecular formula is C15H22ClIN2O. The lowest BCUT2D eigenvalue weighted by atomic mass is 9.81. The number of hydrogen-bond acceptors (Lipinski definition) is 2. The van der Waals surface area contributed by atoms with Gasteiger partial charge >= 0.3 is 0 Å². The largest absolute Gasteiger partial charge is 0.351 e. The molecule has 0 saturated carbocycles. The van der Waals surface area contributed by atoms with Crippen molar-refractivity contribution in [2.45, 2.75) is 26.7 Å². The van der Waals surface area contributed by atoms with Gasteiger partial charge in [0.15, 0.2) is 0 Å². The average molecular weight is 409 g/mol. The van der Waals surface area contributed by atoms with Crippen LogP contribution in [0.5, 0.6) is 0 Å². The summed E-state index contributed by atoms with van der Waals surface area (Å²) >= 11 is 2.22. The van der Waals surface area contributed by atoms with Crippen molar-refractivity contribution in [1.82, 2.24) is 10.6 Å². The van der Waals surface area contributed by atoms with E-state index in [2.05, 4.69) is 40.1 Å². The van der Waals surface area contributed by atoms with Crippen LogP contribution in [-0.4, -0.2) is 25.5 Å². The van der Waals surface area contributed by atoms with Gasteiger partial charge in [-0.1, -0.05) is 18.6 Å². The van der Waals surface area contributed by atoms with Crippen molar-refractivity contribution < 1.29 is 4.79 Å². The van der Waals surface area contributed by atoms with Crippen molar-refractivity contribution in [2.75, 3.05) is 19.6 Å². The number of rotatable bonds is 3. The monoisotopic (exact) mass is 408 g/mol. The Morgan fingerprint density at radius 3 is 2.70 bits per heavy atom. The van der Waals surface area contributed by atoms with Gasteiger partial charge in [0.1, 0.15) is 0 Å². The summed E-state index contributed by atoms with van der Waals surface area (Å²) in [5, 5.41) is 6.47. The van der Waals surface area contributed by atoms with Crippen molar-refractivity contribution in [3.63, 3.8) is 0 Å². The summed E-state index contributed by atoms with van der Waals surface area (Å²) in [6.45, 7) is 7.14. The number of halogens is 2. The van der Waals surface area contributed by atoms with Crippen LogP contribution in [0.1, 0.15) is 35.7 Å². The first-order valence-corrected chi connectivity index (χ1v) is 7.83. The average Bonchev–Trinajstić information content (AvgIpc) is 2.40. The fourth-order valence-electron chi connectivity index (χ4n) is 2.41. The highest BCUT2D eigenvalue weighted by Crippen LogP contribution is 2.27. The van der Waals surface area contributed by atoms with E-state index in [1.54, 1.807) is 0 Å². The number of aryl methyl sites for hydroxylation is 1. The Morgan fingerprint density at radius 2 is 2.05 bits per heavy atom. The van der Waals surface area contributed by atoms with Gasteiger partial charge < -0.3 is 10.6 Å². The molecule has 5 heteroatoms. The van der Waals surface area contributed by atoms with Crippen molar-refractivity contribution in [1.29, 1.82) is 0 Å². The van der Waals surface area contributed by atoms with Crippen LogP contribution in [0.4, 0.5) is 0 Å². The molecule has 1 aromatic carbocycles. The minimum absolute atomic E-state index is 0. The molecule has 2 rings (SSSR count). The summed E-state index contributed by atoms with van der Waals surface area (Å²) in [4.78, 5) is 12.3. The number of carbonyl (C=O) groups excluding carboxylic acids is 1. The van der Waals surface area contributed by atoms with E-state index in [-0.39, 0.29) is 23.7 Å². The number of benzene rings is 1. The van der Waals surface area contributed by atoms with Crippen LogP contribution in [0.15, 0.2) is 18.2 Å². The number of hydrogen-bond donors (Lipinski definition) is 2. The summed E-state index contributed by atoms with van der Waals surface area (Å²) < 4.78 is 1.01. The molecule has 0 aromatic heterocycles. The topological polar surface area (TPSA) is 41.1 Å². The highest BCUT2D eigenvalue weighted by molar-refractivity contribution is 14.1. The molecule has 1 saturated heterocycles. The molecule has 0 atom stereocenters. The van der Waals surface area contributed by atoms with Gasteiger partial charge in [-0.15, -0.1) is 12.4 Å². The molecule has 0 spiro atoms. The Hall–Kier alpha value is -0.330. The van der Waals surface area contributed by atoms with Gasteiger partial charge in [-0.05, 0) is 73.0 Å². The third kappa shape index (κ3) is 4.60. The molecule has 0 unspecified atom stereocenters. The highest BCUT2D eigenvalue weighted by Gasteiger charge is 2.27. The van der Waals surface area contributed by atoms with Gasteiger partial charge in [0, 0.05) is 10.1 Å². The molecule has 1 heterocycles. The molecule has 0 bridgehead atoms. The maximum Gasteiger partial charge on any atom is 0.252 e. The Kier molecular flexibility index (Phi) is 6.75. The maximum absolute atomic E-state index is 12.3. The second-order valence-electron chi connectivity index (χ2n) is 5.73.